The second-order valence-electron chi connectivity index (χ2n) is 6.92. The van der Waals surface area contributed by atoms with E-state index in [0.29, 0.717) is 0 Å². The van der Waals surface area contributed by atoms with Gasteiger partial charge in [0.05, 0.1) is 0 Å². The summed E-state index contributed by atoms with van der Waals surface area (Å²) in [5, 5.41) is 3.55. The molecule has 1 saturated heterocycles. The van der Waals surface area contributed by atoms with Gasteiger partial charge in [0.2, 0.25) is 0 Å². The van der Waals surface area contributed by atoms with E-state index < -0.39 is 0 Å². The van der Waals surface area contributed by atoms with Crippen molar-refractivity contribution in [2.24, 2.45) is 5.92 Å². The lowest BCUT2D eigenvalue weighted by Gasteiger charge is -2.40. The fraction of sp³-hybridized carbons (Fsp3) is 1.00. The molecule has 1 N–H and O–H groups in total. The van der Waals surface area contributed by atoms with Crippen LogP contribution >= 0.6 is 0 Å². The molecule has 0 spiro atoms. The molecule has 1 heterocycles. The summed E-state index contributed by atoms with van der Waals surface area (Å²) in [7, 11) is 0. The first-order valence-electron chi connectivity index (χ1n) is 8.73. The molecule has 1 aliphatic rings. The topological polar surface area (TPSA) is 18.5 Å². The summed E-state index contributed by atoms with van der Waals surface area (Å²) in [5.74, 6) is 0.765. The van der Waals surface area contributed by atoms with Crippen LogP contribution in [0.5, 0.6) is 0 Å². The van der Waals surface area contributed by atoms with Crippen LogP contribution in [0.1, 0.15) is 53.9 Å². The molecule has 20 heavy (non-hydrogen) atoms. The third kappa shape index (κ3) is 6.55. The Morgan fingerprint density at radius 1 is 0.900 bits per heavy atom. The monoisotopic (exact) mass is 283 g/mol. The van der Waals surface area contributed by atoms with Crippen molar-refractivity contribution in [1.29, 1.82) is 0 Å². The summed E-state index contributed by atoms with van der Waals surface area (Å²) >= 11 is 0. The fourth-order valence-electron chi connectivity index (χ4n) is 2.97. The summed E-state index contributed by atoms with van der Waals surface area (Å²) in [5.41, 5.74) is 0. The van der Waals surface area contributed by atoms with Crippen LogP contribution in [0.2, 0.25) is 0 Å². The second kappa shape index (κ2) is 9.75. The highest BCUT2D eigenvalue weighted by molar-refractivity contribution is 4.78. The summed E-state index contributed by atoms with van der Waals surface area (Å²) < 4.78 is 0. The molecule has 0 aromatic rings. The molecular formula is C17H37N3. The fourth-order valence-corrected chi connectivity index (χ4v) is 2.97. The molecule has 0 radical (unpaired) electrons. The number of hydrogen-bond donors (Lipinski definition) is 1. The van der Waals surface area contributed by atoms with Crippen molar-refractivity contribution in [2.45, 2.75) is 66.0 Å². The van der Waals surface area contributed by atoms with Gasteiger partial charge in [-0.3, -0.25) is 9.80 Å². The van der Waals surface area contributed by atoms with Gasteiger partial charge >= 0.3 is 0 Å². The predicted molar refractivity (Wildman–Crippen MR) is 89.3 cm³/mol. The average Bonchev–Trinajstić information content (AvgIpc) is 2.45. The smallest absolute Gasteiger partial charge is 0.0113 e. The normalized spacial score (nSPS) is 21.3. The van der Waals surface area contributed by atoms with Crippen LogP contribution in [0.25, 0.3) is 0 Å². The van der Waals surface area contributed by atoms with E-state index in [-0.39, 0.29) is 0 Å². The first-order valence-corrected chi connectivity index (χ1v) is 8.73. The molecule has 1 rings (SSSR count). The Labute approximate surface area is 127 Å². The van der Waals surface area contributed by atoms with Crippen LogP contribution in [0.4, 0.5) is 0 Å². The lowest BCUT2D eigenvalue weighted by molar-refractivity contribution is 0.0742. The molecule has 3 heteroatoms. The quantitative estimate of drug-likeness (QED) is 0.657. The zero-order valence-corrected chi connectivity index (χ0v) is 14.5. The molecule has 2 atom stereocenters. The predicted octanol–water partition coefficient (Wildman–Crippen LogP) is 2.82. The number of piperazine rings is 1. The first-order chi connectivity index (χ1) is 9.54. The highest BCUT2D eigenvalue weighted by Crippen LogP contribution is 2.13. The molecule has 0 aromatic carbocycles. The van der Waals surface area contributed by atoms with Crippen LogP contribution in [0, 0.1) is 5.92 Å². The van der Waals surface area contributed by atoms with Gasteiger partial charge in [0.15, 0.2) is 0 Å². The van der Waals surface area contributed by atoms with Crippen molar-refractivity contribution in [3.05, 3.63) is 0 Å². The van der Waals surface area contributed by atoms with Gasteiger partial charge in [0.25, 0.3) is 0 Å². The zero-order chi connectivity index (χ0) is 15.0. The van der Waals surface area contributed by atoms with Crippen LogP contribution < -0.4 is 5.32 Å². The summed E-state index contributed by atoms with van der Waals surface area (Å²) in [6.45, 7) is 19.0. The Morgan fingerprint density at radius 2 is 1.45 bits per heavy atom. The van der Waals surface area contributed by atoms with Crippen molar-refractivity contribution in [3.63, 3.8) is 0 Å². The van der Waals surface area contributed by atoms with E-state index in [9.17, 15) is 0 Å². The van der Waals surface area contributed by atoms with Gasteiger partial charge in [-0.1, -0.05) is 20.8 Å². The standard InChI is InChI=1S/C17H37N3/c1-6-16(4)19-10-12-20(13-11-19)17(5)8-7-9-18-14-15(2)3/h15-18H,6-14H2,1-5H3. The summed E-state index contributed by atoms with van der Waals surface area (Å²) in [6, 6.07) is 1.50. The van der Waals surface area contributed by atoms with E-state index in [2.05, 4.69) is 49.7 Å². The number of nitrogens with one attached hydrogen (secondary N) is 1. The molecule has 0 aromatic heterocycles. The molecule has 0 saturated carbocycles. The van der Waals surface area contributed by atoms with E-state index in [1.54, 1.807) is 0 Å². The maximum atomic E-state index is 3.55. The highest BCUT2D eigenvalue weighted by atomic mass is 15.3. The Bertz CT molecular complexity index is 234. The molecular weight excluding hydrogens is 246 g/mol. The molecule has 0 amide bonds. The zero-order valence-electron chi connectivity index (χ0n) is 14.5. The molecule has 1 aliphatic heterocycles. The minimum Gasteiger partial charge on any atom is -0.316 e. The Kier molecular flexibility index (Phi) is 8.74. The maximum Gasteiger partial charge on any atom is 0.0113 e. The van der Waals surface area contributed by atoms with Crippen LogP contribution in [-0.2, 0) is 0 Å². The third-order valence-electron chi connectivity index (χ3n) is 4.71. The summed E-state index contributed by atoms with van der Waals surface area (Å²) in [4.78, 5) is 5.33. The van der Waals surface area contributed by atoms with Crippen molar-refractivity contribution in [3.8, 4) is 0 Å². The minimum absolute atomic E-state index is 0.745. The Hall–Kier alpha value is -0.120. The van der Waals surface area contributed by atoms with Gasteiger partial charge in [0.1, 0.15) is 0 Å². The largest absolute Gasteiger partial charge is 0.316 e. The van der Waals surface area contributed by atoms with Crippen LogP contribution in [-0.4, -0.2) is 61.2 Å². The van der Waals surface area contributed by atoms with Gasteiger partial charge < -0.3 is 5.32 Å². The van der Waals surface area contributed by atoms with Crippen molar-refractivity contribution in [2.75, 3.05) is 39.3 Å². The molecule has 2 unspecified atom stereocenters. The number of hydrogen-bond acceptors (Lipinski definition) is 3. The van der Waals surface area contributed by atoms with E-state index in [1.807, 2.05) is 0 Å². The van der Waals surface area contributed by atoms with Crippen LogP contribution in [0.15, 0.2) is 0 Å². The molecule has 1 fully saturated rings. The SMILES string of the molecule is CCC(C)N1CCN(C(C)CCCNCC(C)C)CC1. The van der Waals surface area contributed by atoms with E-state index in [0.717, 1.165) is 24.5 Å². The minimum atomic E-state index is 0.745. The first kappa shape index (κ1) is 17.9. The Morgan fingerprint density at radius 3 is 1.95 bits per heavy atom. The van der Waals surface area contributed by atoms with Gasteiger partial charge in [-0.15, -0.1) is 0 Å². The molecule has 0 aliphatic carbocycles. The van der Waals surface area contributed by atoms with Gasteiger partial charge in [-0.25, -0.2) is 0 Å². The van der Waals surface area contributed by atoms with Crippen LogP contribution in [0.3, 0.4) is 0 Å². The second-order valence-corrected chi connectivity index (χ2v) is 6.92. The van der Waals surface area contributed by atoms with Crippen molar-refractivity contribution < 1.29 is 0 Å². The summed E-state index contributed by atoms with van der Waals surface area (Å²) in [6.07, 6.45) is 3.91. The maximum absolute atomic E-state index is 3.55. The van der Waals surface area contributed by atoms with E-state index in [4.69, 9.17) is 0 Å². The third-order valence-corrected chi connectivity index (χ3v) is 4.71. The highest BCUT2D eigenvalue weighted by Gasteiger charge is 2.22. The molecule has 120 valence electrons. The van der Waals surface area contributed by atoms with Crippen molar-refractivity contribution in [1.82, 2.24) is 15.1 Å². The van der Waals surface area contributed by atoms with Gasteiger partial charge in [-0.05, 0) is 52.1 Å². The van der Waals surface area contributed by atoms with E-state index in [1.165, 1.54) is 52.0 Å². The molecule has 0 bridgehead atoms. The van der Waals surface area contributed by atoms with Crippen molar-refractivity contribution >= 4 is 0 Å². The average molecular weight is 284 g/mol. The van der Waals surface area contributed by atoms with Gasteiger partial charge in [-0.2, -0.15) is 0 Å². The lowest BCUT2D eigenvalue weighted by Crippen LogP contribution is -2.51. The number of rotatable bonds is 9. The lowest BCUT2D eigenvalue weighted by atomic mass is 10.1. The van der Waals surface area contributed by atoms with E-state index >= 15 is 0 Å². The van der Waals surface area contributed by atoms with Gasteiger partial charge in [0, 0.05) is 38.3 Å². The molecule has 3 nitrogen and oxygen atoms in total. The Balaban J connectivity index is 2.11. The number of nitrogens with zero attached hydrogens (tertiary/aromatic N) is 2.